The molecule has 2 aromatic rings. The van der Waals surface area contributed by atoms with Gasteiger partial charge >= 0.3 is 0 Å². The molecule has 0 spiro atoms. The molecular weight excluding hydrogens is 346 g/mol. The van der Waals surface area contributed by atoms with Gasteiger partial charge in [0.1, 0.15) is 5.82 Å². The SMILES string of the molecule is CN1CC[C@@](O)(C#Cc2ccnc(NC(=O)c3n[nH]c4c3CCC4)c2)C1=O. The van der Waals surface area contributed by atoms with E-state index in [9.17, 15) is 14.7 Å². The number of aryl methyl sites for hydroxylation is 1. The number of amides is 2. The fourth-order valence-electron chi connectivity index (χ4n) is 3.40. The molecule has 0 unspecified atom stereocenters. The number of aromatic nitrogens is 3. The predicted molar refractivity (Wildman–Crippen MR) is 96.9 cm³/mol. The third-order valence-electron chi connectivity index (χ3n) is 4.95. The second-order valence-corrected chi connectivity index (χ2v) is 6.85. The van der Waals surface area contributed by atoms with Gasteiger partial charge in [0.2, 0.25) is 5.60 Å². The van der Waals surface area contributed by atoms with Gasteiger partial charge in [-0.2, -0.15) is 5.10 Å². The van der Waals surface area contributed by atoms with Gasteiger partial charge in [-0.25, -0.2) is 4.98 Å². The third-order valence-corrected chi connectivity index (χ3v) is 4.95. The molecule has 8 heteroatoms. The van der Waals surface area contributed by atoms with E-state index in [1.165, 1.54) is 11.1 Å². The highest BCUT2D eigenvalue weighted by Crippen LogP contribution is 2.23. The number of nitrogens with one attached hydrogen (secondary N) is 2. The van der Waals surface area contributed by atoms with Crippen molar-refractivity contribution in [3.05, 3.63) is 40.8 Å². The molecule has 0 aromatic carbocycles. The first-order valence-electron chi connectivity index (χ1n) is 8.81. The van der Waals surface area contributed by atoms with Gasteiger partial charge in [0, 0.05) is 43.0 Å². The van der Waals surface area contributed by atoms with Gasteiger partial charge in [0.15, 0.2) is 5.69 Å². The van der Waals surface area contributed by atoms with Crippen molar-refractivity contribution >= 4 is 17.6 Å². The van der Waals surface area contributed by atoms with Crippen molar-refractivity contribution in [2.24, 2.45) is 0 Å². The molecule has 1 atom stereocenters. The average Bonchev–Trinajstić information content (AvgIpc) is 3.33. The molecule has 1 fully saturated rings. The topological polar surface area (TPSA) is 111 Å². The lowest BCUT2D eigenvalue weighted by atomic mass is 10.0. The Morgan fingerprint density at radius 1 is 1.44 bits per heavy atom. The van der Waals surface area contributed by atoms with Crippen molar-refractivity contribution in [3.63, 3.8) is 0 Å². The maximum atomic E-state index is 12.5. The first kappa shape index (κ1) is 17.2. The first-order valence-corrected chi connectivity index (χ1v) is 8.81. The minimum atomic E-state index is -1.66. The van der Waals surface area contributed by atoms with Gasteiger partial charge in [-0.15, -0.1) is 0 Å². The van der Waals surface area contributed by atoms with Crippen molar-refractivity contribution in [1.82, 2.24) is 20.1 Å². The van der Waals surface area contributed by atoms with Crippen LogP contribution in [0.25, 0.3) is 0 Å². The molecule has 1 saturated heterocycles. The number of aliphatic hydroxyl groups is 1. The van der Waals surface area contributed by atoms with E-state index in [0.717, 1.165) is 30.5 Å². The predicted octanol–water partition coefficient (Wildman–Crippen LogP) is 0.490. The van der Waals surface area contributed by atoms with Crippen LogP contribution in [0, 0.1) is 11.8 Å². The fourth-order valence-corrected chi connectivity index (χ4v) is 3.40. The van der Waals surface area contributed by atoms with Crippen molar-refractivity contribution in [2.45, 2.75) is 31.3 Å². The lowest BCUT2D eigenvalue weighted by Gasteiger charge is -2.13. The molecule has 27 heavy (non-hydrogen) atoms. The Hall–Kier alpha value is -3.18. The van der Waals surface area contributed by atoms with Gasteiger partial charge < -0.3 is 15.3 Å². The second-order valence-electron chi connectivity index (χ2n) is 6.85. The van der Waals surface area contributed by atoms with E-state index in [1.54, 1.807) is 19.2 Å². The second kappa shape index (κ2) is 6.52. The number of likely N-dealkylation sites (N-methyl/N-ethyl adjacent to an activating group) is 1. The molecule has 3 N–H and O–H groups in total. The van der Waals surface area contributed by atoms with E-state index < -0.39 is 11.5 Å². The summed E-state index contributed by atoms with van der Waals surface area (Å²) in [7, 11) is 1.63. The number of carbonyl (C=O) groups is 2. The number of aromatic amines is 1. The molecular formula is C19H19N5O3. The lowest BCUT2D eigenvalue weighted by molar-refractivity contribution is -0.137. The maximum absolute atomic E-state index is 12.5. The number of H-pyrrole nitrogens is 1. The summed E-state index contributed by atoms with van der Waals surface area (Å²) in [4.78, 5) is 30.0. The van der Waals surface area contributed by atoms with E-state index >= 15 is 0 Å². The van der Waals surface area contributed by atoms with E-state index in [-0.39, 0.29) is 12.3 Å². The number of pyridine rings is 1. The maximum Gasteiger partial charge on any atom is 0.277 e. The Bertz CT molecular complexity index is 987. The van der Waals surface area contributed by atoms with E-state index in [1.807, 2.05) is 0 Å². The number of anilines is 1. The van der Waals surface area contributed by atoms with Crippen molar-refractivity contribution < 1.29 is 14.7 Å². The first-order chi connectivity index (χ1) is 13.0. The van der Waals surface area contributed by atoms with E-state index in [4.69, 9.17) is 0 Å². The molecule has 2 amide bonds. The standard InChI is InChI=1S/C19H19N5O3/c1-24-10-8-19(27,18(24)26)7-5-12-6-9-20-15(11-12)21-17(25)16-13-3-2-4-14(13)22-23-16/h6,9,11,27H,2-4,8,10H2,1H3,(H,22,23)(H,20,21,25)/t19-/m0/s1. The van der Waals surface area contributed by atoms with Crippen LogP contribution in [0.15, 0.2) is 18.3 Å². The van der Waals surface area contributed by atoms with Crippen molar-refractivity contribution in [2.75, 3.05) is 18.9 Å². The van der Waals surface area contributed by atoms with Crippen LogP contribution in [0.5, 0.6) is 0 Å². The number of hydrogen-bond donors (Lipinski definition) is 3. The zero-order valence-electron chi connectivity index (χ0n) is 14.9. The van der Waals surface area contributed by atoms with Crippen LogP contribution >= 0.6 is 0 Å². The monoisotopic (exact) mass is 365 g/mol. The van der Waals surface area contributed by atoms with Gasteiger partial charge in [-0.3, -0.25) is 14.7 Å². The largest absolute Gasteiger partial charge is 0.369 e. The highest BCUT2D eigenvalue weighted by molar-refractivity contribution is 6.03. The normalized spacial score (nSPS) is 21.0. The summed E-state index contributed by atoms with van der Waals surface area (Å²) in [5, 5.41) is 20.1. The zero-order chi connectivity index (χ0) is 19.0. The van der Waals surface area contributed by atoms with Crippen LogP contribution < -0.4 is 5.32 Å². The zero-order valence-corrected chi connectivity index (χ0v) is 14.9. The van der Waals surface area contributed by atoms with Gasteiger partial charge in [-0.1, -0.05) is 11.8 Å². The molecule has 4 rings (SSSR count). The number of likely N-dealkylation sites (tertiary alicyclic amines) is 1. The van der Waals surface area contributed by atoms with Crippen molar-refractivity contribution in [1.29, 1.82) is 0 Å². The minimum absolute atomic E-state index is 0.272. The average molecular weight is 365 g/mol. The van der Waals surface area contributed by atoms with Gasteiger partial charge in [-0.05, 0) is 31.4 Å². The van der Waals surface area contributed by atoms with Gasteiger partial charge in [0.25, 0.3) is 11.8 Å². The molecule has 0 radical (unpaired) electrons. The minimum Gasteiger partial charge on any atom is -0.369 e. The summed E-state index contributed by atoms with van der Waals surface area (Å²) in [6.07, 6.45) is 4.56. The number of carbonyl (C=O) groups excluding carboxylic acids is 2. The summed E-state index contributed by atoms with van der Waals surface area (Å²) in [6, 6.07) is 3.26. The molecule has 8 nitrogen and oxygen atoms in total. The highest BCUT2D eigenvalue weighted by Gasteiger charge is 2.42. The summed E-state index contributed by atoms with van der Waals surface area (Å²) < 4.78 is 0. The number of hydrogen-bond acceptors (Lipinski definition) is 5. The van der Waals surface area contributed by atoms with Crippen LogP contribution in [0.1, 0.15) is 40.2 Å². The summed E-state index contributed by atoms with van der Waals surface area (Å²) in [5.41, 5.74) is 1.27. The van der Waals surface area contributed by atoms with Crippen LogP contribution in [-0.2, 0) is 17.6 Å². The van der Waals surface area contributed by atoms with Crippen molar-refractivity contribution in [3.8, 4) is 11.8 Å². The van der Waals surface area contributed by atoms with Crippen LogP contribution in [0.4, 0.5) is 5.82 Å². The molecule has 3 heterocycles. The molecule has 1 aliphatic carbocycles. The quantitative estimate of drug-likeness (QED) is 0.671. The summed E-state index contributed by atoms with van der Waals surface area (Å²) in [6.45, 7) is 0.468. The molecule has 2 aliphatic rings. The Kier molecular flexibility index (Phi) is 4.16. The van der Waals surface area contributed by atoms with E-state index in [2.05, 4.69) is 32.3 Å². The van der Waals surface area contributed by atoms with E-state index in [0.29, 0.717) is 23.6 Å². The van der Waals surface area contributed by atoms with Gasteiger partial charge in [0.05, 0.1) is 0 Å². The number of rotatable bonds is 2. The molecule has 0 saturated carbocycles. The Morgan fingerprint density at radius 3 is 3.07 bits per heavy atom. The number of nitrogens with zero attached hydrogens (tertiary/aromatic N) is 3. The molecule has 138 valence electrons. The fraction of sp³-hybridized carbons (Fsp3) is 0.368. The van der Waals surface area contributed by atoms with Crippen LogP contribution in [0.3, 0.4) is 0 Å². The Morgan fingerprint density at radius 2 is 2.30 bits per heavy atom. The molecule has 2 aromatic heterocycles. The summed E-state index contributed by atoms with van der Waals surface area (Å²) in [5.74, 6) is 5.08. The molecule has 0 bridgehead atoms. The molecule has 1 aliphatic heterocycles. The highest BCUT2D eigenvalue weighted by atomic mass is 16.3. The smallest absolute Gasteiger partial charge is 0.277 e. The van der Waals surface area contributed by atoms with Crippen LogP contribution in [0.2, 0.25) is 0 Å². The number of fused-ring (bicyclic) bond motifs is 1. The Balaban J connectivity index is 1.51. The van der Waals surface area contributed by atoms with Crippen LogP contribution in [-0.4, -0.2) is 56.2 Å². The lowest BCUT2D eigenvalue weighted by Crippen LogP contribution is -2.37. The third kappa shape index (κ3) is 3.17. The Labute approximate surface area is 156 Å². The summed E-state index contributed by atoms with van der Waals surface area (Å²) >= 11 is 0.